The Morgan fingerprint density at radius 1 is 1.07 bits per heavy atom. The minimum atomic E-state index is -3.78. The van der Waals surface area contributed by atoms with Gasteiger partial charge in [-0.15, -0.1) is 0 Å². The standard InChI is InChI=1S/C24H23NO4S/c1-17-8-10-22(11-9-17)30(27,28)25-15-19(12-18-6-4-3-5-7-18)24-20(16-26)13-21(29-2)14-23(24)25/h3-11,13-14,16,19H,12,15H2,1-2H3/t19-/m0/s1. The van der Waals surface area contributed by atoms with Crippen molar-refractivity contribution in [3.63, 3.8) is 0 Å². The number of rotatable bonds is 6. The van der Waals surface area contributed by atoms with E-state index in [1.165, 1.54) is 11.4 Å². The van der Waals surface area contributed by atoms with Gasteiger partial charge in [-0.3, -0.25) is 9.10 Å². The molecule has 4 rings (SSSR count). The van der Waals surface area contributed by atoms with Crippen molar-refractivity contribution >= 4 is 22.0 Å². The molecule has 1 aliphatic heterocycles. The Morgan fingerprint density at radius 3 is 2.40 bits per heavy atom. The monoisotopic (exact) mass is 421 g/mol. The molecule has 0 aromatic heterocycles. The quantitative estimate of drug-likeness (QED) is 0.555. The van der Waals surface area contributed by atoms with E-state index in [9.17, 15) is 13.2 Å². The van der Waals surface area contributed by atoms with Crippen molar-refractivity contribution in [3.05, 3.63) is 89.0 Å². The van der Waals surface area contributed by atoms with Crippen molar-refractivity contribution in [2.75, 3.05) is 18.0 Å². The fourth-order valence-corrected chi connectivity index (χ4v) is 5.54. The molecule has 3 aromatic rings. The first-order valence-electron chi connectivity index (χ1n) is 9.74. The molecule has 30 heavy (non-hydrogen) atoms. The molecule has 0 saturated carbocycles. The number of carbonyl (C=O) groups is 1. The van der Waals surface area contributed by atoms with E-state index in [2.05, 4.69) is 0 Å². The summed E-state index contributed by atoms with van der Waals surface area (Å²) < 4.78 is 33.8. The summed E-state index contributed by atoms with van der Waals surface area (Å²) in [5, 5.41) is 0. The van der Waals surface area contributed by atoms with E-state index in [-0.39, 0.29) is 17.4 Å². The van der Waals surface area contributed by atoms with Gasteiger partial charge in [-0.1, -0.05) is 48.0 Å². The van der Waals surface area contributed by atoms with Crippen molar-refractivity contribution in [1.82, 2.24) is 0 Å². The van der Waals surface area contributed by atoms with Crippen LogP contribution in [0.4, 0.5) is 5.69 Å². The number of aryl methyl sites for hydroxylation is 1. The second-order valence-corrected chi connectivity index (χ2v) is 9.37. The lowest BCUT2D eigenvalue weighted by Gasteiger charge is -2.21. The van der Waals surface area contributed by atoms with E-state index in [1.54, 1.807) is 36.4 Å². The van der Waals surface area contributed by atoms with Crippen LogP contribution in [0.15, 0.2) is 71.6 Å². The maximum Gasteiger partial charge on any atom is 0.264 e. The van der Waals surface area contributed by atoms with E-state index in [1.807, 2.05) is 37.3 Å². The van der Waals surface area contributed by atoms with Crippen LogP contribution in [0.3, 0.4) is 0 Å². The lowest BCUT2D eigenvalue weighted by Crippen LogP contribution is -2.30. The number of nitrogens with zero attached hydrogens (tertiary/aromatic N) is 1. The van der Waals surface area contributed by atoms with Crippen LogP contribution in [-0.2, 0) is 16.4 Å². The Balaban J connectivity index is 1.84. The first-order valence-corrected chi connectivity index (χ1v) is 11.2. The highest BCUT2D eigenvalue weighted by Crippen LogP contribution is 2.44. The third-order valence-corrected chi connectivity index (χ3v) is 7.32. The maximum absolute atomic E-state index is 13.5. The molecule has 1 aliphatic rings. The van der Waals surface area contributed by atoms with E-state index in [4.69, 9.17) is 4.74 Å². The highest BCUT2D eigenvalue weighted by atomic mass is 32.2. The number of sulfonamides is 1. The molecule has 0 aliphatic carbocycles. The fourth-order valence-electron chi connectivity index (χ4n) is 4.02. The van der Waals surface area contributed by atoms with Crippen LogP contribution in [-0.4, -0.2) is 28.4 Å². The third-order valence-electron chi connectivity index (χ3n) is 5.52. The molecule has 0 spiro atoms. The summed E-state index contributed by atoms with van der Waals surface area (Å²) in [6.07, 6.45) is 1.42. The van der Waals surface area contributed by atoms with Crippen molar-refractivity contribution in [1.29, 1.82) is 0 Å². The number of hydrogen-bond donors (Lipinski definition) is 0. The van der Waals surface area contributed by atoms with Gasteiger partial charge in [0.2, 0.25) is 0 Å². The number of benzene rings is 3. The van der Waals surface area contributed by atoms with Gasteiger partial charge < -0.3 is 4.74 Å². The van der Waals surface area contributed by atoms with Gasteiger partial charge in [0.15, 0.2) is 6.29 Å². The molecule has 0 fully saturated rings. The molecule has 0 amide bonds. The smallest absolute Gasteiger partial charge is 0.264 e. The van der Waals surface area contributed by atoms with Gasteiger partial charge in [0, 0.05) is 24.1 Å². The summed E-state index contributed by atoms with van der Waals surface area (Å²) in [5.41, 5.74) is 3.81. The topological polar surface area (TPSA) is 63.7 Å². The summed E-state index contributed by atoms with van der Waals surface area (Å²) in [4.78, 5) is 12.1. The van der Waals surface area contributed by atoms with E-state index < -0.39 is 10.0 Å². The molecule has 1 atom stereocenters. The van der Waals surface area contributed by atoms with Crippen molar-refractivity contribution in [2.45, 2.75) is 24.2 Å². The zero-order chi connectivity index (χ0) is 21.3. The van der Waals surface area contributed by atoms with Crippen molar-refractivity contribution in [3.8, 4) is 5.75 Å². The fraction of sp³-hybridized carbons (Fsp3) is 0.208. The summed E-state index contributed by atoms with van der Waals surface area (Å²) in [5.74, 6) is 0.328. The van der Waals surface area contributed by atoms with Gasteiger partial charge >= 0.3 is 0 Å². The third kappa shape index (κ3) is 3.59. The van der Waals surface area contributed by atoms with Crippen molar-refractivity contribution in [2.24, 2.45) is 0 Å². The predicted molar refractivity (Wildman–Crippen MR) is 117 cm³/mol. The van der Waals surface area contributed by atoms with Crippen LogP contribution in [0.2, 0.25) is 0 Å². The number of anilines is 1. The number of fused-ring (bicyclic) bond motifs is 1. The average Bonchev–Trinajstić information content (AvgIpc) is 3.13. The molecule has 6 heteroatoms. The zero-order valence-corrected chi connectivity index (χ0v) is 17.7. The molecule has 3 aromatic carbocycles. The molecule has 0 radical (unpaired) electrons. The Morgan fingerprint density at radius 2 is 1.77 bits per heavy atom. The van der Waals surface area contributed by atoms with Crippen LogP contribution < -0.4 is 9.04 Å². The molecular weight excluding hydrogens is 398 g/mol. The number of hydrogen-bond acceptors (Lipinski definition) is 4. The van der Waals surface area contributed by atoms with Gasteiger partial charge in [0.1, 0.15) is 5.75 Å². The van der Waals surface area contributed by atoms with Crippen molar-refractivity contribution < 1.29 is 17.9 Å². The Bertz CT molecular complexity index is 1170. The van der Waals surface area contributed by atoms with E-state index in [0.717, 1.165) is 23.0 Å². The number of ether oxygens (including phenoxy) is 1. The first kappa shape index (κ1) is 20.2. The predicted octanol–water partition coefficient (Wildman–Crippen LogP) is 4.35. The molecule has 0 saturated heterocycles. The highest BCUT2D eigenvalue weighted by Gasteiger charge is 2.38. The lowest BCUT2D eigenvalue weighted by atomic mass is 9.90. The molecule has 154 valence electrons. The number of carbonyl (C=O) groups excluding carboxylic acids is 1. The number of methoxy groups -OCH3 is 1. The summed E-state index contributed by atoms with van der Waals surface area (Å²) >= 11 is 0. The lowest BCUT2D eigenvalue weighted by molar-refractivity contribution is 0.112. The summed E-state index contributed by atoms with van der Waals surface area (Å²) in [6, 6.07) is 20.1. The maximum atomic E-state index is 13.5. The van der Waals surface area contributed by atoms with Gasteiger partial charge in [-0.05, 0) is 42.7 Å². The van der Waals surface area contributed by atoms with Crippen LogP contribution >= 0.6 is 0 Å². The Labute approximate surface area is 177 Å². The first-order chi connectivity index (χ1) is 14.4. The second-order valence-electron chi connectivity index (χ2n) is 7.50. The number of aldehydes is 1. The molecule has 0 N–H and O–H groups in total. The minimum Gasteiger partial charge on any atom is -0.497 e. The second kappa shape index (κ2) is 7.95. The van der Waals surface area contributed by atoms with Crippen LogP contribution in [0.5, 0.6) is 5.75 Å². The van der Waals surface area contributed by atoms with Gasteiger partial charge in [-0.25, -0.2) is 8.42 Å². The van der Waals surface area contributed by atoms with E-state index in [0.29, 0.717) is 23.4 Å². The average molecular weight is 422 g/mol. The van der Waals surface area contributed by atoms with Gasteiger partial charge in [-0.2, -0.15) is 0 Å². The molecule has 0 unspecified atom stereocenters. The summed E-state index contributed by atoms with van der Waals surface area (Å²) in [7, 11) is -2.28. The summed E-state index contributed by atoms with van der Waals surface area (Å²) in [6.45, 7) is 2.19. The normalized spacial score (nSPS) is 15.7. The highest BCUT2D eigenvalue weighted by molar-refractivity contribution is 7.92. The van der Waals surface area contributed by atoms with Crippen LogP contribution in [0.1, 0.15) is 33.0 Å². The van der Waals surface area contributed by atoms with Gasteiger partial charge in [0.05, 0.1) is 17.7 Å². The Hall–Kier alpha value is -3.12. The zero-order valence-electron chi connectivity index (χ0n) is 16.9. The van der Waals surface area contributed by atoms with Crippen LogP contribution in [0, 0.1) is 6.92 Å². The molecule has 5 nitrogen and oxygen atoms in total. The molecule has 0 bridgehead atoms. The molecular formula is C24H23NO4S. The Kier molecular flexibility index (Phi) is 5.35. The largest absolute Gasteiger partial charge is 0.497 e. The minimum absolute atomic E-state index is 0.131. The van der Waals surface area contributed by atoms with Crippen LogP contribution in [0.25, 0.3) is 0 Å². The SMILES string of the molecule is COc1cc(C=O)c2c(c1)N(S(=O)(=O)c1ccc(C)cc1)C[C@@H]2Cc1ccccc1. The molecule has 1 heterocycles. The van der Waals surface area contributed by atoms with Gasteiger partial charge in [0.25, 0.3) is 10.0 Å². The van der Waals surface area contributed by atoms with E-state index >= 15 is 0 Å².